The summed E-state index contributed by atoms with van der Waals surface area (Å²) in [5, 5.41) is 0.880. The van der Waals surface area contributed by atoms with E-state index < -0.39 is 22.5 Å². The first-order chi connectivity index (χ1) is 12.5. The van der Waals surface area contributed by atoms with Crippen LogP contribution in [0.15, 0.2) is 30.5 Å². The highest BCUT2D eigenvalue weighted by molar-refractivity contribution is 6.42. The molecule has 3 rings (SSSR count). The van der Waals surface area contributed by atoms with Crippen molar-refractivity contribution in [2.45, 2.75) is 45.1 Å². The minimum atomic E-state index is -0.855. The molecule has 1 heterocycles. The van der Waals surface area contributed by atoms with Gasteiger partial charge >= 0.3 is 12.1 Å². The van der Waals surface area contributed by atoms with E-state index >= 15 is 0 Å². The van der Waals surface area contributed by atoms with E-state index in [9.17, 15) is 9.59 Å². The topological polar surface area (TPSA) is 55.8 Å². The van der Waals surface area contributed by atoms with E-state index in [-0.39, 0.29) is 19.1 Å². The molecular weight excluding hydrogens is 389 g/mol. The first kappa shape index (κ1) is 20.0. The van der Waals surface area contributed by atoms with Gasteiger partial charge < -0.3 is 9.47 Å². The second-order valence-corrected chi connectivity index (χ2v) is 8.82. The van der Waals surface area contributed by atoms with Gasteiger partial charge in [0.2, 0.25) is 0 Å². The van der Waals surface area contributed by atoms with Gasteiger partial charge in [0.15, 0.2) is 0 Å². The molecule has 1 aliphatic carbocycles. The number of hydrogen-bond donors (Lipinski definition) is 0. The highest BCUT2D eigenvalue weighted by Crippen LogP contribution is 2.68. The number of halogens is 2. The smallest absolute Gasteiger partial charge is 0.414 e. The summed E-state index contributed by atoms with van der Waals surface area (Å²) >= 11 is 12.2. The van der Waals surface area contributed by atoms with Crippen LogP contribution in [-0.4, -0.2) is 35.7 Å². The van der Waals surface area contributed by atoms with Crippen LogP contribution in [0.3, 0.4) is 0 Å². The predicted octanol–water partition coefficient (Wildman–Crippen LogP) is 4.95. The Morgan fingerprint density at radius 1 is 1.22 bits per heavy atom. The first-order valence-corrected chi connectivity index (χ1v) is 9.62. The summed E-state index contributed by atoms with van der Waals surface area (Å²) in [4.78, 5) is 26.8. The molecule has 0 saturated heterocycles. The van der Waals surface area contributed by atoms with Crippen molar-refractivity contribution in [2.75, 3.05) is 13.2 Å². The van der Waals surface area contributed by atoms with Crippen LogP contribution in [0.2, 0.25) is 10.0 Å². The molecule has 0 spiro atoms. The number of rotatable bonds is 3. The van der Waals surface area contributed by atoms with Crippen molar-refractivity contribution in [3.8, 4) is 0 Å². The molecule has 1 aliphatic heterocycles. The Bertz CT molecular complexity index is 817. The third-order valence-corrected chi connectivity index (χ3v) is 5.76. The van der Waals surface area contributed by atoms with Gasteiger partial charge in [-0.3, -0.25) is 9.69 Å². The Hall–Kier alpha value is -1.72. The second kappa shape index (κ2) is 6.71. The Labute approximate surface area is 169 Å². The molecule has 0 aromatic heterocycles. The molecule has 0 bridgehead atoms. The number of benzene rings is 1. The van der Waals surface area contributed by atoms with E-state index in [2.05, 4.69) is 0 Å². The summed E-state index contributed by atoms with van der Waals surface area (Å²) < 4.78 is 10.8. The van der Waals surface area contributed by atoms with E-state index in [1.165, 1.54) is 4.90 Å². The summed E-state index contributed by atoms with van der Waals surface area (Å²) in [6.45, 7) is 7.64. The normalized spacial score (nSPS) is 26.4. The van der Waals surface area contributed by atoms with Crippen LogP contribution in [0, 0.1) is 5.41 Å². The number of fused-ring (bicyclic) bond motifs is 1. The number of esters is 1. The van der Waals surface area contributed by atoms with E-state index in [0.717, 1.165) is 5.56 Å². The van der Waals surface area contributed by atoms with Gasteiger partial charge in [0.1, 0.15) is 11.0 Å². The Morgan fingerprint density at radius 2 is 1.93 bits per heavy atom. The lowest BCUT2D eigenvalue weighted by atomic mass is 9.83. The van der Waals surface area contributed by atoms with Gasteiger partial charge in [-0.2, -0.15) is 0 Å². The maximum absolute atomic E-state index is 12.9. The molecule has 146 valence electrons. The zero-order chi connectivity index (χ0) is 20.0. The van der Waals surface area contributed by atoms with Crippen molar-refractivity contribution >= 4 is 35.3 Å². The van der Waals surface area contributed by atoms with Gasteiger partial charge in [-0.05, 0) is 51.8 Å². The molecule has 2 atom stereocenters. The van der Waals surface area contributed by atoms with Crippen molar-refractivity contribution in [3.63, 3.8) is 0 Å². The summed E-state index contributed by atoms with van der Waals surface area (Å²) in [6, 6.07) is 5.36. The third-order valence-electron chi connectivity index (χ3n) is 5.02. The van der Waals surface area contributed by atoms with Gasteiger partial charge in [0.05, 0.1) is 16.7 Å². The average Bonchev–Trinajstić information content (AvgIpc) is 3.27. The number of amides is 1. The maximum Gasteiger partial charge on any atom is 0.414 e. The van der Waals surface area contributed by atoms with Crippen molar-refractivity contribution in [1.29, 1.82) is 0 Å². The SMILES string of the molecule is CCOC(=O)C12CN(C(=O)OC(C)(C)C)C=CC1(c1ccc(Cl)c(Cl)c1)C2. The molecule has 1 aromatic rings. The van der Waals surface area contributed by atoms with Crippen LogP contribution in [-0.2, 0) is 19.7 Å². The van der Waals surface area contributed by atoms with E-state index in [1.807, 2.05) is 12.1 Å². The molecule has 2 unspecified atom stereocenters. The molecule has 27 heavy (non-hydrogen) atoms. The largest absolute Gasteiger partial charge is 0.465 e. The fourth-order valence-corrected chi connectivity index (χ4v) is 3.99. The van der Waals surface area contributed by atoms with Gasteiger partial charge in [-0.25, -0.2) is 4.79 Å². The minimum Gasteiger partial charge on any atom is -0.465 e. The molecule has 1 saturated carbocycles. The lowest BCUT2D eigenvalue weighted by Crippen LogP contribution is -2.44. The van der Waals surface area contributed by atoms with E-state index in [4.69, 9.17) is 32.7 Å². The maximum atomic E-state index is 12.9. The average molecular weight is 412 g/mol. The van der Waals surface area contributed by atoms with Crippen molar-refractivity contribution in [3.05, 3.63) is 46.1 Å². The highest BCUT2D eigenvalue weighted by atomic mass is 35.5. The lowest BCUT2D eigenvalue weighted by Gasteiger charge is -2.33. The number of hydrogen-bond acceptors (Lipinski definition) is 4. The van der Waals surface area contributed by atoms with Crippen LogP contribution >= 0.6 is 23.2 Å². The number of carbonyl (C=O) groups excluding carboxylic acids is 2. The van der Waals surface area contributed by atoms with Crippen LogP contribution in [0.1, 0.15) is 39.7 Å². The molecule has 0 radical (unpaired) electrons. The lowest BCUT2D eigenvalue weighted by molar-refractivity contribution is -0.151. The monoisotopic (exact) mass is 411 g/mol. The van der Waals surface area contributed by atoms with Crippen molar-refractivity contribution < 1.29 is 19.1 Å². The van der Waals surface area contributed by atoms with Crippen LogP contribution in [0.5, 0.6) is 0 Å². The molecule has 2 aliphatic rings. The van der Waals surface area contributed by atoms with Gasteiger partial charge in [0.25, 0.3) is 0 Å². The summed E-state index contributed by atoms with van der Waals surface area (Å²) in [6.07, 6.45) is 3.60. The van der Waals surface area contributed by atoms with Crippen LogP contribution in [0.25, 0.3) is 0 Å². The molecule has 1 aromatic carbocycles. The number of ether oxygens (including phenoxy) is 2. The molecule has 1 amide bonds. The van der Waals surface area contributed by atoms with Gasteiger partial charge in [-0.1, -0.05) is 35.3 Å². The summed E-state index contributed by atoms with van der Waals surface area (Å²) in [5.74, 6) is -0.325. The highest BCUT2D eigenvalue weighted by Gasteiger charge is 2.74. The summed E-state index contributed by atoms with van der Waals surface area (Å²) in [5.41, 5.74) is -1.16. The Balaban J connectivity index is 1.97. The van der Waals surface area contributed by atoms with Gasteiger partial charge in [-0.15, -0.1) is 0 Å². The zero-order valence-corrected chi connectivity index (χ0v) is 17.4. The third kappa shape index (κ3) is 3.43. The second-order valence-electron chi connectivity index (χ2n) is 8.00. The predicted molar refractivity (Wildman–Crippen MR) is 104 cm³/mol. The molecular formula is C20H23Cl2NO4. The van der Waals surface area contributed by atoms with Crippen LogP contribution in [0.4, 0.5) is 4.79 Å². The van der Waals surface area contributed by atoms with Crippen molar-refractivity contribution in [2.24, 2.45) is 5.41 Å². The van der Waals surface area contributed by atoms with Crippen LogP contribution < -0.4 is 0 Å². The molecule has 0 N–H and O–H groups in total. The minimum absolute atomic E-state index is 0.192. The molecule has 7 heteroatoms. The Morgan fingerprint density at radius 3 is 2.52 bits per heavy atom. The fraction of sp³-hybridized carbons (Fsp3) is 0.500. The first-order valence-electron chi connectivity index (χ1n) is 8.86. The Kier molecular flexibility index (Phi) is 4.98. The fourth-order valence-electron chi connectivity index (χ4n) is 3.69. The zero-order valence-electron chi connectivity index (χ0n) is 15.8. The van der Waals surface area contributed by atoms with E-state index in [1.54, 1.807) is 46.0 Å². The van der Waals surface area contributed by atoms with Gasteiger partial charge in [0, 0.05) is 18.2 Å². The molecule has 5 nitrogen and oxygen atoms in total. The quantitative estimate of drug-likeness (QED) is 0.660. The van der Waals surface area contributed by atoms with E-state index in [0.29, 0.717) is 16.5 Å². The number of nitrogens with zero attached hydrogens (tertiary/aromatic N) is 1. The summed E-state index contributed by atoms with van der Waals surface area (Å²) in [7, 11) is 0. The number of carbonyl (C=O) groups is 2. The standard InChI is InChI=1S/C20H23Cl2NO4/c1-5-26-16(24)20-11-19(20,13-6-7-14(21)15(22)10-13)8-9-23(12-20)17(25)27-18(2,3)4/h6-10H,5,11-12H2,1-4H3. The van der Waals surface area contributed by atoms with Crippen molar-refractivity contribution in [1.82, 2.24) is 4.90 Å². The number of allylic oxidation sites excluding steroid dienone is 1. The molecule has 1 fully saturated rings.